The van der Waals surface area contributed by atoms with Crippen LogP contribution < -0.4 is 5.32 Å². The van der Waals surface area contributed by atoms with Crippen LogP contribution in [-0.2, 0) is 5.54 Å². The Kier molecular flexibility index (Phi) is 3.63. The fourth-order valence-corrected chi connectivity index (χ4v) is 3.00. The molecule has 4 heteroatoms. The van der Waals surface area contributed by atoms with Gasteiger partial charge in [-0.25, -0.2) is 4.79 Å². The summed E-state index contributed by atoms with van der Waals surface area (Å²) in [6, 6.07) is 7.92. The summed E-state index contributed by atoms with van der Waals surface area (Å²) in [4.78, 5) is 14.3. The minimum Gasteiger partial charge on any atom is -0.328 e. The van der Waals surface area contributed by atoms with Crippen LogP contribution in [0.3, 0.4) is 0 Å². The summed E-state index contributed by atoms with van der Waals surface area (Å²) in [6.07, 6.45) is 4.26. The summed E-state index contributed by atoms with van der Waals surface area (Å²) < 4.78 is 0. The third-order valence-corrected chi connectivity index (χ3v) is 4.82. The molecule has 1 heterocycles. The topological polar surface area (TPSA) is 32.3 Å². The van der Waals surface area contributed by atoms with Gasteiger partial charge in [-0.1, -0.05) is 30.7 Å². The van der Waals surface area contributed by atoms with Crippen molar-refractivity contribution in [3.05, 3.63) is 34.9 Å². The van der Waals surface area contributed by atoms with Gasteiger partial charge in [0.15, 0.2) is 0 Å². The number of carbonyl (C=O) groups is 1. The Morgan fingerprint density at radius 3 is 2.40 bits per heavy atom. The average Bonchev–Trinajstić information content (AvgIpc) is 3.21. The first-order valence-corrected chi connectivity index (χ1v) is 7.80. The highest BCUT2D eigenvalue weighted by atomic mass is 35.5. The molecule has 20 heavy (non-hydrogen) atoms. The molecule has 1 aromatic rings. The Bertz CT molecular complexity index is 488. The number of urea groups is 1. The molecule has 2 fully saturated rings. The second-order valence-corrected chi connectivity index (χ2v) is 6.63. The van der Waals surface area contributed by atoms with Gasteiger partial charge in [-0.3, -0.25) is 0 Å². The third-order valence-electron chi connectivity index (χ3n) is 4.56. The molecule has 3 rings (SSSR count). The molecule has 108 valence electrons. The quantitative estimate of drug-likeness (QED) is 0.884. The van der Waals surface area contributed by atoms with E-state index in [2.05, 4.69) is 12.2 Å². The maximum Gasteiger partial charge on any atom is 0.318 e. The van der Waals surface area contributed by atoms with Crippen LogP contribution in [0.2, 0.25) is 5.02 Å². The fraction of sp³-hybridized carbons (Fsp3) is 0.562. The van der Waals surface area contributed by atoms with Crippen LogP contribution in [0, 0.1) is 5.92 Å². The number of hydrogen-bond donors (Lipinski definition) is 1. The largest absolute Gasteiger partial charge is 0.328 e. The monoisotopic (exact) mass is 292 g/mol. The third kappa shape index (κ3) is 2.78. The molecule has 2 aliphatic rings. The van der Waals surface area contributed by atoms with Gasteiger partial charge >= 0.3 is 6.03 Å². The molecule has 1 aromatic carbocycles. The molecule has 0 aromatic heterocycles. The van der Waals surface area contributed by atoms with E-state index >= 15 is 0 Å². The molecule has 1 N–H and O–H groups in total. The number of piperidine rings is 1. The first-order valence-electron chi connectivity index (χ1n) is 7.42. The van der Waals surface area contributed by atoms with E-state index in [1.165, 1.54) is 5.56 Å². The smallest absolute Gasteiger partial charge is 0.318 e. The number of hydrogen-bond acceptors (Lipinski definition) is 1. The Balaban J connectivity index is 1.65. The summed E-state index contributed by atoms with van der Waals surface area (Å²) in [5.41, 5.74) is 1.02. The van der Waals surface area contributed by atoms with Crippen LogP contribution in [-0.4, -0.2) is 24.0 Å². The summed E-state index contributed by atoms with van der Waals surface area (Å²) in [7, 11) is 0. The van der Waals surface area contributed by atoms with E-state index in [1.807, 2.05) is 29.2 Å². The molecular formula is C16H21ClN2O. The molecule has 0 atom stereocenters. The van der Waals surface area contributed by atoms with E-state index in [1.54, 1.807) is 0 Å². The molecule has 0 radical (unpaired) electrons. The van der Waals surface area contributed by atoms with Gasteiger partial charge < -0.3 is 10.2 Å². The zero-order valence-electron chi connectivity index (χ0n) is 11.9. The molecule has 2 amide bonds. The number of likely N-dealkylation sites (tertiary alicyclic amines) is 1. The van der Waals surface area contributed by atoms with Gasteiger partial charge in [0.2, 0.25) is 0 Å². The summed E-state index contributed by atoms with van der Waals surface area (Å²) >= 11 is 5.93. The van der Waals surface area contributed by atoms with Crippen molar-refractivity contribution in [1.29, 1.82) is 0 Å². The zero-order chi connectivity index (χ0) is 14.2. The van der Waals surface area contributed by atoms with Crippen molar-refractivity contribution in [2.45, 2.75) is 38.1 Å². The van der Waals surface area contributed by atoms with Crippen LogP contribution >= 0.6 is 11.6 Å². The summed E-state index contributed by atoms with van der Waals surface area (Å²) in [5.74, 6) is 0.741. The summed E-state index contributed by atoms with van der Waals surface area (Å²) in [6.45, 7) is 4.01. The first-order chi connectivity index (χ1) is 9.59. The van der Waals surface area contributed by atoms with Gasteiger partial charge in [0, 0.05) is 18.1 Å². The number of benzene rings is 1. The molecule has 1 saturated carbocycles. The maximum absolute atomic E-state index is 12.4. The van der Waals surface area contributed by atoms with E-state index in [4.69, 9.17) is 11.6 Å². The van der Waals surface area contributed by atoms with E-state index in [0.29, 0.717) is 0 Å². The van der Waals surface area contributed by atoms with Crippen molar-refractivity contribution in [2.75, 3.05) is 13.1 Å². The van der Waals surface area contributed by atoms with Gasteiger partial charge in [-0.15, -0.1) is 0 Å². The Morgan fingerprint density at radius 1 is 1.25 bits per heavy atom. The van der Waals surface area contributed by atoms with Crippen LogP contribution in [0.1, 0.15) is 38.2 Å². The number of halogens is 1. The molecule has 1 aliphatic heterocycles. The molecule has 0 unspecified atom stereocenters. The normalized spacial score (nSPS) is 21.6. The molecule has 1 aliphatic carbocycles. The second kappa shape index (κ2) is 5.28. The van der Waals surface area contributed by atoms with Gasteiger partial charge in [0.05, 0.1) is 5.54 Å². The van der Waals surface area contributed by atoms with Crippen molar-refractivity contribution in [3.8, 4) is 0 Å². The highest BCUT2D eigenvalue weighted by Gasteiger charge is 2.46. The second-order valence-electron chi connectivity index (χ2n) is 6.19. The Labute approximate surface area is 125 Å². The minimum absolute atomic E-state index is 0.0874. The summed E-state index contributed by atoms with van der Waals surface area (Å²) in [5, 5.41) is 3.97. The lowest BCUT2D eigenvalue weighted by molar-refractivity contribution is 0.169. The predicted octanol–water partition coefficient (Wildman–Crippen LogP) is 3.77. The maximum atomic E-state index is 12.4. The number of amides is 2. The van der Waals surface area contributed by atoms with Crippen molar-refractivity contribution in [2.24, 2.45) is 5.92 Å². The van der Waals surface area contributed by atoms with Crippen LogP contribution in [0.4, 0.5) is 4.79 Å². The van der Waals surface area contributed by atoms with Crippen molar-refractivity contribution in [3.63, 3.8) is 0 Å². The molecule has 3 nitrogen and oxygen atoms in total. The van der Waals surface area contributed by atoms with E-state index < -0.39 is 0 Å². The van der Waals surface area contributed by atoms with E-state index in [-0.39, 0.29) is 11.6 Å². The number of rotatable bonds is 2. The number of nitrogens with one attached hydrogen (secondary N) is 1. The number of nitrogens with zero attached hydrogens (tertiary/aromatic N) is 1. The highest BCUT2D eigenvalue weighted by Crippen LogP contribution is 2.45. The Morgan fingerprint density at radius 2 is 1.85 bits per heavy atom. The molecule has 0 spiro atoms. The van der Waals surface area contributed by atoms with Gasteiger partial charge in [-0.05, 0) is 49.3 Å². The molecule has 1 saturated heterocycles. The van der Waals surface area contributed by atoms with Crippen molar-refractivity contribution < 1.29 is 4.79 Å². The molecular weight excluding hydrogens is 272 g/mol. The predicted molar refractivity (Wildman–Crippen MR) is 80.9 cm³/mol. The molecule has 0 bridgehead atoms. The lowest BCUT2D eigenvalue weighted by Crippen LogP contribution is -2.47. The van der Waals surface area contributed by atoms with Crippen molar-refractivity contribution >= 4 is 17.6 Å². The standard InChI is InChI=1S/C16H21ClN2O/c1-12-6-10-19(11-7-12)15(20)18-16(8-9-16)13-2-4-14(17)5-3-13/h2-5,12H,6-11H2,1H3,(H,18,20). The van der Waals surface area contributed by atoms with E-state index in [0.717, 1.165) is 49.7 Å². The van der Waals surface area contributed by atoms with E-state index in [9.17, 15) is 4.79 Å². The van der Waals surface area contributed by atoms with Gasteiger partial charge in [-0.2, -0.15) is 0 Å². The highest BCUT2D eigenvalue weighted by molar-refractivity contribution is 6.30. The van der Waals surface area contributed by atoms with Gasteiger partial charge in [0.1, 0.15) is 0 Å². The Hall–Kier alpha value is -1.22. The van der Waals surface area contributed by atoms with Crippen LogP contribution in [0.15, 0.2) is 24.3 Å². The fourth-order valence-electron chi connectivity index (χ4n) is 2.88. The number of carbonyl (C=O) groups excluding carboxylic acids is 1. The van der Waals surface area contributed by atoms with Gasteiger partial charge in [0.25, 0.3) is 0 Å². The lowest BCUT2D eigenvalue weighted by atomic mass is 9.99. The van der Waals surface area contributed by atoms with Crippen LogP contribution in [0.5, 0.6) is 0 Å². The average molecular weight is 293 g/mol. The zero-order valence-corrected chi connectivity index (χ0v) is 12.6. The SMILES string of the molecule is CC1CCN(C(=O)NC2(c3ccc(Cl)cc3)CC2)CC1. The van der Waals surface area contributed by atoms with Crippen LogP contribution in [0.25, 0.3) is 0 Å². The lowest BCUT2D eigenvalue weighted by Gasteiger charge is -2.32. The minimum atomic E-state index is -0.148. The first kappa shape index (κ1) is 13.7. The van der Waals surface area contributed by atoms with Crippen molar-refractivity contribution in [1.82, 2.24) is 10.2 Å².